The Labute approximate surface area is 367 Å². The minimum absolute atomic E-state index is 0. The van der Waals surface area contributed by atoms with Crippen LogP contribution in [-0.4, -0.2) is 14.4 Å². The topological polar surface area (TPSA) is 30.2 Å². The quantitative estimate of drug-likeness (QED) is 0.162. The van der Waals surface area contributed by atoms with Gasteiger partial charge in [-0.1, -0.05) is 133 Å². The van der Waals surface area contributed by atoms with Crippen molar-refractivity contribution in [3.8, 4) is 22.6 Å². The van der Waals surface area contributed by atoms with E-state index in [2.05, 4.69) is 161 Å². The van der Waals surface area contributed by atoms with Gasteiger partial charge in [-0.05, 0) is 84.8 Å². The number of para-hydroxylation sites is 2. The van der Waals surface area contributed by atoms with E-state index in [1.807, 2.05) is 11.3 Å². The number of imidazole rings is 1. The van der Waals surface area contributed by atoms with Crippen molar-refractivity contribution in [3.63, 3.8) is 0 Å². The molecule has 283 valence electrons. The fourth-order valence-corrected chi connectivity index (χ4v) is 9.50. The van der Waals surface area contributed by atoms with Crippen LogP contribution < -0.4 is 0 Å². The zero-order valence-electron chi connectivity index (χ0n) is 37.3. The second-order valence-electron chi connectivity index (χ2n) is 14.4. The van der Waals surface area contributed by atoms with Gasteiger partial charge in [-0.15, -0.1) is 53.6 Å². The van der Waals surface area contributed by atoms with Gasteiger partial charge in [0.1, 0.15) is 0 Å². The van der Waals surface area contributed by atoms with E-state index < -0.39 is 13.7 Å². The molecule has 0 fully saturated rings. The fraction of sp³-hybridized carbons (Fsp3) is 0.0370. The summed E-state index contributed by atoms with van der Waals surface area (Å²) in [6.07, 6.45) is 1.30. The molecule has 0 saturated carbocycles. The first-order chi connectivity index (χ1) is 31.0. The maximum absolute atomic E-state index is 7.28. The Bertz CT molecular complexity index is 3760. The third kappa shape index (κ3) is 6.31. The van der Waals surface area contributed by atoms with Crippen LogP contribution in [-0.2, 0) is 20.1 Å². The van der Waals surface area contributed by atoms with Crippen LogP contribution in [0.4, 0.5) is 0 Å². The van der Waals surface area contributed by atoms with Crippen LogP contribution in [0.2, 0.25) is 0 Å². The van der Waals surface area contributed by atoms with Gasteiger partial charge in [-0.2, -0.15) is 11.3 Å². The summed E-state index contributed by atoms with van der Waals surface area (Å²) < 4.78 is 48.5. The first kappa shape index (κ1) is 30.6. The standard InChI is InChI=1S/C41H23N2S.C13H12N.Ir/c1-2-12-26-24-38-35(23-25(26)11-1)33-19-9-20-34(40(33)44-38)41-42-36-21-10-18-32-30-16-6-4-14-28(30)27-13-3-5-15-29(27)31-17-7-8-22-37(31)43(41)39(32)36;1-10-3-6-12(7-4-10)13-8-5-11(2)9-14-13;/h1-19,21-24H;3-6,8-9H,1-2H3;/q2*-1;/i;1D3,2D3;. The molecular formula is C54H35IrN3S-2. The molecule has 4 heterocycles. The van der Waals surface area contributed by atoms with Crippen molar-refractivity contribution in [3.05, 3.63) is 199 Å². The monoisotopic (exact) mass is 956 g/mol. The van der Waals surface area contributed by atoms with Crippen LogP contribution in [0.1, 0.15) is 19.4 Å². The van der Waals surface area contributed by atoms with Crippen LogP contribution >= 0.6 is 11.3 Å². The first-order valence-electron chi connectivity index (χ1n) is 22.1. The van der Waals surface area contributed by atoms with Gasteiger partial charge in [-0.25, -0.2) is 0 Å². The number of pyridine rings is 1. The summed E-state index contributed by atoms with van der Waals surface area (Å²) in [5.74, 6) is 0.915. The minimum atomic E-state index is -2.18. The Kier molecular flexibility index (Phi) is 7.79. The SMILES string of the molecule is [2H]C([2H])([2H])c1c[c-]c(-c2ccc(C([2H])([2H])[2H])cn2)cc1.[Ir].[c-]1ccc2c(sc3cc4ccccc4cc32)c1-c1nc2cccc3c4ccccc4c4ccccc4c4ccccc4n1c23. The number of aryl methyl sites for hydroxylation is 2. The van der Waals surface area contributed by atoms with Crippen molar-refractivity contribution in [2.45, 2.75) is 13.7 Å². The predicted octanol–water partition coefficient (Wildman–Crippen LogP) is 14.7. The second-order valence-corrected chi connectivity index (χ2v) is 15.4. The van der Waals surface area contributed by atoms with E-state index in [4.69, 9.17) is 13.2 Å². The van der Waals surface area contributed by atoms with Crippen molar-refractivity contribution < 1.29 is 28.3 Å². The summed E-state index contributed by atoms with van der Waals surface area (Å²) in [5, 5.41) is 12.3. The van der Waals surface area contributed by atoms with E-state index in [-0.39, 0.29) is 31.2 Å². The second kappa shape index (κ2) is 15.0. The number of thiophene rings is 1. The zero-order valence-corrected chi connectivity index (χ0v) is 34.5. The molecule has 8 aromatic carbocycles. The number of nitrogens with zero attached hydrogens (tertiary/aromatic N) is 3. The third-order valence-corrected chi connectivity index (χ3v) is 12.1. The molecule has 0 atom stereocenters. The number of hydrogen-bond acceptors (Lipinski definition) is 3. The molecule has 5 heteroatoms. The molecule has 0 aliphatic heterocycles. The summed E-state index contributed by atoms with van der Waals surface area (Å²) in [4.78, 5) is 9.49. The Morgan fingerprint density at radius 2 is 1.24 bits per heavy atom. The first-order valence-corrected chi connectivity index (χ1v) is 19.9. The molecule has 0 amide bonds. The van der Waals surface area contributed by atoms with E-state index in [0.29, 0.717) is 11.3 Å². The van der Waals surface area contributed by atoms with Crippen LogP contribution in [0.3, 0.4) is 0 Å². The predicted molar refractivity (Wildman–Crippen MR) is 247 cm³/mol. The Morgan fingerprint density at radius 1 is 0.576 bits per heavy atom. The molecule has 4 aromatic heterocycles. The molecule has 0 aliphatic carbocycles. The molecule has 12 rings (SSSR count). The van der Waals surface area contributed by atoms with Crippen LogP contribution in [0, 0.1) is 25.8 Å². The van der Waals surface area contributed by atoms with E-state index in [1.165, 1.54) is 87.7 Å². The smallest absolute Gasteiger partial charge is 0.0780 e. The molecule has 59 heavy (non-hydrogen) atoms. The molecule has 12 aromatic rings. The Balaban J connectivity index is 0.000000201. The van der Waals surface area contributed by atoms with Crippen molar-refractivity contribution in [1.82, 2.24) is 14.4 Å². The summed E-state index contributed by atoms with van der Waals surface area (Å²) in [5.41, 5.74) is 5.80. The molecule has 0 spiro atoms. The number of hydrogen-bond donors (Lipinski definition) is 0. The van der Waals surface area contributed by atoms with Crippen molar-refractivity contribution in [1.29, 1.82) is 0 Å². The van der Waals surface area contributed by atoms with Gasteiger partial charge in [0.05, 0.1) is 16.9 Å². The van der Waals surface area contributed by atoms with Gasteiger partial charge in [0.15, 0.2) is 0 Å². The number of rotatable bonds is 2. The Morgan fingerprint density at radius 3 is 1.95 bits per heavy atom. The minimum Gasteiger partial charge on any atom is -0.332 e. The van der Waals surface area contributed by atoms with Crippen LogP contribution in [0.25, 0.3) is 102 Å². The molecule has 3 nitrogen and oxygen atoms in total. The number of aromatic nitrogens is 3. The van der Waals surface area contributed by atoms with Gasteiger partial charge in [0.2, 0.25) is 0 Å². The number of fused-ring (bicyclic) bond motifs is 11. The summed E-state index contributed by atoms with van der Waals surface area (Å²) in [6.45, 7) is -4.34. The van der Waals surface area contributed by atoms with Crippen molar-refractivity contribution >= 4 is 91.1 Å². The van der Waals surface area contributed by atoms with Gasteiger partial charge in [-0.3, -0.25) is 4.98 Å². The average molecular weight is 956 g/mol. The molecule has 0 aliphatic rings. The third-order valence-electron chi connectivity index (χ3n) is 10.9. The average Bonchev–Trinajstić information content (AvgIpc) is 3.89. The summed E-state index contributed by atoms with van der Waals surface area (Å²) in [7, 11) is 0. The maximum Gasteiger partial charge on any atom is 0.0780 e. The van der Waals surface area contributed by atoms with E-state index in [9.17, 15) is 0 Å². The van der Waals surface area contributed by atoms with Crippen LogP contribution in [0.5, 0.6) is 0 Å². The van der Waals surface area contributed by atoms with Crippen molar-refractivity contribution in [2.24, 2.45) is 0 Å². The van der Waals surface area contributed by atoms with Gasteiger partial charge >= 0.3 is 0 Å². The van der Waals surface area contributed by atoms with E-state index in [1.54, 1.807) is 12.1 Å². The van der Waals surface area contributed by atoms with Gasteiger partial charge in [0.25, 0.3) is 0 Å². The molecular weight excluding hydrogens is 915 g/mol. The number of benzene rings is 8. The van der Waals surface area contributed by atoms with Crippen molar-refractivity contribution in [2.75, 3.05) is 0 Å². The normalized spacial score (nSPS) is 13.4. The molecule has 0 saturated heterocycles. The summed E-state index contributed by atoms with van der Waals surface area (Å²) >= 11 is 1.84. The molecule has 1 radical (unpaired) electrons. The largest absolute Gasteiger partial charge is 0.332 e. The maximum atomic E-state index is 7.28. The Hall–Kier alpha value is -6.49. The summed E-state index contributed by atoms with van der Waals surface area (Å²) in [6, 6.07) is 64.5. The fourth-order valence-electron chi connectivity index (χ4n) is 8.28. The molecule has 0 unspecified atom stereocenters. The van der Waals surface area contributed by atoms with Gasteiger partial charge < -0.3 is 9.38 Å². The van der Waals surface area contributed by atoms with Crippen LogP contribution in [0.15, 0.2) is 176 Å². The van der Waals surface area contributed by atoms with E-state index >= 15 is 0 Å². The molecule has 0 N–H and O–H groups in total. The zero-order chi connectivity index (χ0) is 43.7. The van der Waals surface area contributed by atoms with Gasteiger partial charge in [0, 0.05) is 55.5 Å². The molecule has 0 bridgehead atoms. The van der Waals surface area contributed by atoms with E-state index in [0.717, 1.165) is 27.9 Å².